The van der Waals surface area contributed by atoms with Crippen molar-refractivity contribution < 1.29 is 32.1 Å². The van der Waals surface area contributed by atoms with Crippen molar-refractivity contribution in [3.63, 3.8) is 0 Å². The van der Waals surface area contributed by atoms with Gasteiger partial charge in [-0.15, -0.1) is 0 Å². The van der Waals surface area contributed by atoms with Crippen molar-refractivity contribution >= 4 is 11.6 Å². The summed E-state index contributed by atoms with van der Waals surface area (Å²) in [5.41, 5.74) is 1.70. The fourth-order valence-corrected chi connectivity index (χ4v) is 1.23. The summed E-state index contributed by atoms with van der Waals surface area (Å²) in [5, 5.41) is 6.18. The van der Waals surface area contributed by atoms with Gasteiger partial charge in [0.15, 0.2) is 11.6 Å². The SMILES string of the molecule is CC(=O)C=C(C)NCCNC(C)=CC(C)=O.[Cu].[OH3+]. The maximum absolute atomic E-state index is 10.7. The Morgan fingerprint density at radius 3 is 1.33 bits per heavy atom. The van der Waals surface area contributed by atoms with Crippen LogP contribution in [0.3, 0.4) is 0 Å². The standard InChI is InChI=1S/C12H20N2O2.Cu.H2O/c1-9(7-11(3)15)13-5-6-14-10(2)8-12(4)16;;/h7-8,13-14H,5-6H2,1-4H3;;1H2/p+1. The fourth-order valence-electron chi connectivity index (χ4n) is 1.23. The molecule has 0 bridgehead atoms. The van der Waals surface area contributed by atoms with Crippen molar-refractivity contribution in [1.29, 1.82) is 0 Å². The van der Waals surface area contributed by atoms with Crippen LogP contribution in [-0.2, 0) is 32.1 Å². The van der Waals surface area contributed by atoms with Crippen LogP contribution in [0.5, 0.6) is 0 Å². The fraction of sp³-hybridized carbons (Fsp3) is 0.500. The monoisotopic (exact) mass is 306 g/mol. The first-order valence-electron chi connectivity index (χ1n) is 5.27. The largest absolute Gasteiger partial charge is 0.457 e. The maximum Gasteiger partial charge on any atom is 0.154 e. The van der Waals surface area contributed by atoms with Crippen molar-refractivity contribution in [2.75, 3.05) is 13.1 Å². The molecule has 0 fully saturated rings. The summed E-state index contributed by atoms with van der Waals surface area (Å²) in [6, 6.07) is 0. The molecule has 0 unspecified atom stereocenters. The van der Waals surface area contributed by atoms with Crippen LogP contribution in [0.2, 0.25) is 0 Å². The van der Waals surface area contributed by atoms with Gasteiger partial charge in [0, 0.05) is 41.6 Å². The summed E-state index contributed by atoms with van der Waals surface area (Å²) in [5.74, 6) is 0.0660. The molecule has 0 saturated carbocycles. The maximum atomic E-state index is 10.7. The zero-order valence-corrected chi connectivity index (χ0v) is 12.2. The summed E-state index contributed by atoms with van der Waals surface area (Å²) in [4.78, 5) is 21.5. The van der Waals surface area contributed by atoms with Crippen LogP contribution in [0.15, 0.2) is 23.5 Å². The molecule has 1 radical (unpaired) electrons. The van der Waals surface area contributed by atoms with Crippen LogP contribution >= 0.6 is 0 Å². The summed E-state index contributed by atoms with van der Waals surface area (Å²) < 4.78 is 0. The number of hydrogen-bond donors (Lipinski definition) is 2. The number of carbonyl (C=O) groups excluding carboxylic acids is 2. The second kappa shape index (κ2) is 12.4. The average Bonchev–Trinajstić information content (AvgIpc) is 2.10. The average molecular weight is 307 g/mol. The van der Waals surface area contributed by atoms with Gasteiger partial charge in [-0.05, 0) is 39.8 Å². The second-order valence-electron chi connectivity index (χ2n) is 3.73. The van der Waals surface area contributed by atoms with Gasteiger partial charge < -0.3 is 16.1 Å². The van der Waals surface area contributed by atoms with Crippen LogP contribution < -0.4 is 10.6 Å². The Labute approximate surface area is 119 Å². The van der Waals surface area contributed by atoms with Crippen LogP contribution in [0, 0.1) is 0 Å². The van der Waals surface area contributed by atoms with E-state index in [1.165, 1.54) is 13.8 Å². The van der Waals surface area contributed by atoms with Gasteiger partial charge in [-0.3, -0.25) is 9.59 Å². The number of allylic oxidation sites excluding steroid dienone is 4. The zero-order chi connectivity index (χ0) is 12.6. The Morgan fingerprint density at radius 2 is 1.11 bits per heavy atom. The summed E-state index contributed by atoms with van der Waals surface area (Å²) in [6.07, 6.45) is 3.11. The van der Waals surface area contributed by atoms with Gasteiger partial charge in [0.1, 0.15) is 0 Å². The topological polar surface area (TPSA) is 91.2 Å². The number of ketones is 2. The van der Waals surface area contributed by atoms with Gasteiger partial charge in [0.05, 0.1) is 0 Å². The van der Waals surface area contributed by atoms with Crippen molar-refractivity contribution in [2.24, 2.45) is 0 Å². The van der Waals surface area contributed by atoms with E-state index >= 15 is 0 Å². The first-order chi connectivity index (χ1) is 7.41. The molecule has 0 amide bonds. The van der Waals surface area contributed by atoms with E-state index in [9.17, 15) is 9.59 Å². The number of carbonyl (C=O) groups is 2. The molecule has 18 heavy (non-hydrogen) atoms. The zero-order valence-electron chi connectivity index (χ0n) is 11.3. The Balaban J connectivity index is -0.00000112. The molecule has 0 aliphatic rings. The van der Waals surface area contributed by atoms with Gasteiger partial charge in [0.25, 0.3) is 0 Å². The van der Waals surface area contributed by atoms with E-state index in [4.69, 9.17) is 0 Å². The number of hydrogen-bond acceptors (Lipinski definition) is 4. The molecule has 0 aliphatic carbocycles. The summed E-state index contributed by atoms with van der Waals surface area (Å²) >= 11 is 0. The van der Waals surface area contributed by atoms with Crippen LogP contribution in [0.1, 0.15) is 27.7 Å². The third kappa shape index (κ3) is 14.9. The van der Waals surface area contributed by atoms with Gasteiger partial charge in [0.2, 0.25) is 0 Å². The molecule has 0 aliphatic heterocycles. The third-order valence-electron chi connectivity index (χ3n) is 1.77. The van der Waals surface area contributed by atoms with Crippen LogP contribution in [0.25, 0.3) is 0 Å². The molecular formula is C12H23CuN2O3+. The van der Waals surface area contributed by atoms with Crippen molar-refractivity contribution in [2.45, 2.75) is 27.7 Å². The Kier molecular flexibility index (Phi) is 15.2. The minimum absolute atomic E-state index is 0. The smallest absolute Gasteiger partial charge is 0.154 e. The Bertz CT molecular complexity index is 293. The molecule has 0 aromatic rings. The normalized spacial score (nSPS) is 10.9. The van der Waals surface area contributed by atoms with Gasteiger partial charge in [-0.25, -0.2) is 0 Å². The van der Waals surface area contributed by atoms with Crippen molar-refractivity contribution in [3.8, 4) is 0 Å². The van der Waals surface area contributed by atoms with Crippen molar-refractivity contribution in [3.05, 3.63) is 23.5 Å². The number of nitrogens with one attached hydrogen (secondary N) is 2. The van der Waals surface area contributed by atoms with E-state index in [1.807, 2.05) is 13.8 Å². The van der Waals surface area contributed by atoms with E-state index in [0.717, 1.165) is 11.4 Å². The molecule has 5 nitrogen and oxygen atoms in total. The Hall–Kier alpha value is -1.10. The molecule has 109 valence electrons. The minimum Gasteiger partial charge on any atom is -0.457 e. The van der Waals surface area contributed by atoms with Crippen molar-refractivity contribution in [1.82, 2.24) is 10.6 Å². The molecule has 0 aromatic carbocycles. The van der Waals surface area contributed by atoms with Crippen LogP contribution in [0.4, 0.5) is 0 Å². The van der Waals surface area contributed by atoms with Gasteiger partial charge in [-0.1, -0.05) is 0 Å². The van der Waals surface area contributed by atoms with E-state index in [1.54, 1.807) is 12.2 Å². The molecule has 0 saturated heterocycles. The van der Waals surface area contributed by atoms with E-state index < -0.39 is 0 Å². The first kappa shape index (κ1) is 22.1. The van der Waals surface area contributed by atoms with Gasteiger partial charge >= 0.3 is 0 Å². The quantitative estimate of drug-likeness (QED) is 0.305. The molecule has 0 aromatic heterocycles. The number of rotatable bonds is 7. The minimum atomic E-state index is 0. The molecule has 0 rings (SSSR count). The van der Waals surface area contributed by atoms with E-state index in [2.05, 4.69) is 10.6 Å². The first-order valence-corrected chi connectivity index (χ1v) is 5.27. The predicted octanol–water partition coefficient (Wildman–Crippen LogP) is 0.227. The molecular weight excluding hydrogens is 284 g/mol. The molecule has 6 heteroatoms. The predicted molar refractivity (Wildman–Crippen MR) is 69.8 cm³/mol. The molecule has 0 spiro atoms. The van der Waals surface area contributed by atoms with E-state index in [-0.39, 0.29) is 34.1 Å². The summed E-state index contributed by atoms with van der Waals surface area (Å²) in [7, 11) is 0. The second-order valence-corrected chi connectivity index (χ2v) is 3.73. The van der Waals surface area contributed by atoms with E-state index in [0.29, 0.717) is 13.1 Å². The molecule has 0 heterocycles. The van der Waals surface area contributed by atoms with Crippen LogP contribution in [-0.4, -0.2) is 24.7 Å². The Morgan fingerprint density at radius 1 is 0.833 bits per heavy atom. The molecule has 5 N–H and O–H groups in total. The molecule has 0 atom stereocenters. The summed E-state index contributed by atoms with van der Waals surface area (Å²) in [6.45, 7) is 8.14. The van der Waals surface area contributed by atoms with Gasteiger partial charge in [-0.2, -0.15) is 0 Å². The third-order valence-corrected chi connectivity index (χ3v) is 1.77.